The summed E-state index contributed by atoms with van der Waals surface area (Å²) >= 11 is 0. The van der Waals surface area contributed by atoms with E-state index in [-0.39, 0.29) is 0 Å². The summed E-state index contributed by atoms with van der Waals surface area (Å²) in [6.07, 6.45) is 12.1. The minimum absolute atomic E-state index is 0.472. The van der Waals surface area contributed by atoms with Crippen LogP contribution in [0.25, 0.3) is 0 Å². The van der Waals surface area contributed by atoms with Crippen LogP contribution in [0.15, 0.2) is 11.6 Å². The van der Waals surface area contributed by atoms with Crippen LogP contribution < -0.4 is 5.73 Å². The van der Waals surface area contributed by atoms with Crippen LogP contribution in [0.3, 0.4) is 0 Å². The lowest BCUT2D eigenvalue weighted by atomic mass is 9.77. The summed E-state index contributed by atoms with van der Waals surface area (Å²) in [6, 6.07) is 0.472. The van der Waals surface area contributed by atoms with Crippen LogP contribution in [-0.2, 0) is 0 Å². The first-order valence-electron chi connectivity index (χ1n) is 6.21. The van der Waals surface area contributed by atoms with Gasteiger partial charge >= 0.3 is 0 Å². The average molecular weight is 193 g/mol. The van der Waals surface area contributed by atoms with Crippen molar-refractivity contribution in [1.82, 2.24) is 0 Å². The van der Waals surface area contributed by atoms with E-state index in [1.807, 2.05) is 0 Å². The Hall–Kier alpha value is -0.300. The van der Waals surface area contributed by atoms with Crippen molar-refractivity contribution in [3.05, 3.63) is 11.6 Å². The summed E-state index contributed by atoms with van der Waals surface area (Å²) in [5.41, 5.74) is 7.40. The Morgan fingerprint density at radius 1 is 1.21 bits per heavy atom. The molecule has 0 heterocycles. The molecule has 0 aliphatic heterocycles. The SMILES string of the molecule is CC(C=C1CC(N)C1)C1CCCCC1. The first-order valence-corrected chi connectivity index (χ1v) is 6.21. The van der Waals surface area contributed by atoms with Gasteiger partial charge in [-0.15, -0.1) is 0 Å². The lowest BCUT2D eigenvalue weighted by molar-refractivity contribution is 0.297. The highest BCUT2D eigenvalue weighted by molar-refractivity contribution is 5.16. The molecule has 14 heavy (non-hydrogen) atoms. The van der Waals surface area contributed by atoms with Crippen LogP contribution in [0.4, 0.5) is 0 Å². The van der Waals surface area contributed by atoms with E-state index >= 15 is 0 Å². The molecule has 0 spiro atoms. The molecule has 1 unspecified atom stereocenters. The van der Waals surface area contributed by atoms with Gasteiger partial charge in [0.25, 0.3) is 0 Å². The van der Waals surface area contributed by atoms with Crippen molar-refractivity contribution < 1.29 is 0 Å². The quantitative estimate of drug-likeness (QED) is 0.669. The molecule has 0 amide bonds. The van der Waals surface area contributed by atoms with Crippen molar-refractivity contribution in [2.45, 2.75) is 57.9 Å². The van der Waals surface area contributed by atoms with Crippen molar-refractivity contribution in [2.75, 3.05) is 0 Å². The van der Waals surface area contributed by atoms with Crippen LogP contribution in [0.2, 0.25) is 0 Å². The van der Waals surface area contributed by atoms with Crippen molar-refractivity contribution in [3.8, 4) is 0 Å². The third-order valence-electron chi connectivity index (χ3n) is 3.94. The van der Waals surface area contributed by atoms with Gasteiger partial charge in [0.1, 0.15) is 0 Å². The van der Waals surface area contributed by atoms with Crippen molar-refractivity contribution in [2.24, 2.45) is 17.6 Å². The fraction of sp³-hybridized carbons (Fsp3) is 0.846. The third kappa shape index (κ3) is 2.38. The summed E-state index contributed by atoms with van der Waals surface area (Å²) < 4.78 is 0. The van der Waals surface area contributed by atoms with Gasteiger partial charge in [-0.3, -0.25) is 0 Å². The summed E-state index contributed by atoms with van der Waals surface area (Å²) in [4.78, 5) is 0. The third-order valence-corrected chi connectivity index (χ3v) is 3.94. The summed E-state index contributed by atoms with van der Waals surface area (Å²) in [5, 5.41) is 0. The molecule has 2 N–H and O–H groups in total. The molecular formula is C13H23N. The Kier molecular flexibility index (Phi) is 3.27. The zero-order valence-electron chi connectivity index (χ0n) is 9.34. The fourth-order valence-corrected chi connectivity index (χ4v) is 2.92. The van der Waals surface area contributed by atoms with Crippen molar-refractivity contribution >= 4 is 0 Å². The minimum atomic E-state index is 0.472. The Bertz CT molecular complexity index is 205. The Morgan fingerprint density at radius 2 is 1.86 bits per heavy atom. The van der Waals surface area contributed by atoms with E-state index in [4.69, 9.17) is 5.73 Å². The maximum absolute atomic E-state index is 5.78. The highest BCUT2D eigenvalue weighted by Gasteiger charge is 2.23. The van der Waals surface area contributed by atoms with E-state index in [1.54, 1.807) is 5.57 Å². The van der Waals surface area contributed by atoms with Gasteiger partial charge in [-0.05, 0) is 37.5 Å². The zero-order valence-corrected chi connectivity index (χ0v) is 9.34. The first-order chi connectivity index (χ1) is 6.75. The molecule has 0 radical (unpaired) electrons. The van der Waals surface area contributed by atoms with E-state index in [0.717, 1.165) is 24.7 Å². The molecule has 0 aromatic carbocycles. The second kappa shape index (κ2) is 4.48. The molecule has 2 aliphatic rings. The normalized spacial score (nSPS) is 31.0. The molecule has 0 aromatic heterocycles. The van der Waals surface area contributed by atoms with E-state index in [0.29, 0.717) is 6.04 Å². The van der Waals surface area contributed by atoms with Gasteiger partial charge in [-0.1, -0.05) is 37.8 Å². The second-order valence-electron chi connectivity index (χ2n) is 5.25. The van der Waals surface area contributed by atoms with Gasteiger partial charge in [-0.2, -0.15) is 0 Å². The van der Waals surface area contributed by atoms with Crippen LogP contribution in [0, 0.1) is 11.8 Å². The molecule has 80 valence electrons. The van der Waals surface area contributed by atoms with Gasteiger partial charge in [0.15, 0.2) is 0 Å². The van der Waals surface area contributed by atoms with Gasteiger partial charge in [-0.25, -0.2) is 0 Å². The number of allylic oxidation sites excluding steroid dienone is 1. The number of rotatable bonds is 2. The zero-order chi connectivity index (χ0) is 9.97. The van der Waals surface area contributed by atoms with Gasteiger partial charge in [0.05, 0.1) is 0 Å². The van der Waals surface area contributed by atoms with Gasteiger partial charge in [0.2, 0.25) is 0 Å². The molecule has 1 atom stereocenters. The predicted octanol–water partition coefficient (Wildman–Crippen LogP) is 3.25. The van der Waals surface area contributed by atoms with Gasteiger partial charge < -0.3 is 5.73 Å². The standard InChI is InChI=1S/C13H23N/c1-10(7-11-8-13(14)9-11)12-5-3-2-4-6-12/h7,10,12-13H,2-6,8-9,14H2,1H3. The molecule has 2 rings (SSSR count). The molecule has 1 heteroatoms. The highest BCUT2D eigenvalue weighted by Crippen LogP contribution is 2.33. The summed E-state index contributed by atoms with van der Waals surface area (Å²) in [5.74, 6) is 1.77. The lowest BCUT2D eigenvalue weighted by Gasteiger charge is -2.30. The van der Waals surface area contributed by atoms with E-state index in [1.165, 1.54) is 32.1 Å². The van der Waals surface area contributed by atoms with Gasteiger partial charge in [0, 0.05) is 6.04 Å². The predicted molar refractivity (Wildman–Crippen MR) is 61.0 cm³/mol. The number of hydrogen-bond donors (Lipinski definition) is 1. The molecular weight excluding hydrogens is 170 g/mol. The highest BCUT2D eigenvalue weighted by atomic mass is 14.7. The molecule has 2 saturated carbocycles. The Balaban J connectivity index is 1.82. The molecule has 0 aromatic rings. The number of hydrogen-bond acceptors (Lipinski definition) is 1. The first kappa shape index (κ1) is 10.2. The molecule has 2 fully saturated rings. The lowest BCUT2D eigenvalue weighted by Crippen LogP contribution is -2.30. The van der Waals surface area contributed by atoms with Crippen LogP contribution in [0.1, 0.15) is 51.9 Å². The Morgan fingerprint density at radius 3 is 2.43 bits per heavy atom. The van der Waals surface area contributed by atoms with Crippen molar-refractivity contribution in [3.63, 3.8) is 0 Å². The monoisotopic (exact) mass is 193 g/mol. The van der Waals surface area contributed by atoms with Crippen LogP contribution in [-0.4, -0.2) is 6.04 Å². The molecule has 2 aliphatic carbocycles. The average Bonchev–Trinajstić information content (AvgIpc) is 2.17. The maximum atomic E-state index is 5.78. The minimum Gasteiger partial charge on any atom is -0.327 e. The van der Waals surface area contributed by atoms with E-state index < -0.39 is 0 Å². The van der Waals surface area contributed by atoms with Crippen LogP contribution >= 0.6 is 0 Å². The fourth-order valence-electron chi connectivity index (χ4n) is 2.92. The molecule has 1 nitrogen and oxygen atoms in total. The number of nitrogens with two attached hydrogens (primary N) is 1. The van der Waals surface area contributed by atoms with E-state index in [2.05, 4.69) is 13.0 Å². The summed E-state index contributed by atoms with van der Waals surface area (Å²) in [6.45, 7) is 2.40. The Labute approximate surface area is 87.8 Å². The van der Waals surface area contributed by atoms with Crippen molar-refractivity contribution in [1.29, 1.82) is 0 Å². The largest absolute Gasteiger partial charge is 0.327 e. The molecule has 0 saturated heterocycles. The maximum Gasteiger partial charge on any atom is 0.0113 e. The molecule has 0 bridgehead atoms. The summed E-state index contributed by atoms with van der Waals surface area (Å²) in [7, 11) is 0. The van der Waals surface area contributed by atoms with Crippen LogP contribution in [0.5, 0.6) is 0 Å². The second-order valence-corrected chi connectivity index (χ2v) is 5.25. The topological polar surface area (TPSA) is 26.0 Å². The van der Waals surface area contributed by atoms with E-state index in [9.17, 15) is 0 Å². The smallest absolute Gasteiger partial charge is 0.0113 e.